The van der Waals surface area contributed by atoms with E-state index in [1.54, 1.807) is 6.92 Å². The van der Waals surface area contributed by atoms with Crippen LogP contribution in [0, 0.1) is 5.41 Å². The first-order valence-corrected chi connectivity index (χ1v) is 5.94. The number of carboxylic acids is 1. The van der Waals surface area contributed by atoms with Crippen molar-refractivity contribution in [2.75, 3.05) is 26.2 Å². The zero-order valence-electron chi connectivity index (χ0n) is 10.9. The summed E-state index contributed by atoms with van der Waals surface area (Å²) >= 11 is 0. The van der Waals surface area contributed by atoms with Crippen molar-refractivity contribution in [2.24, 2.45) is 5.41 Å². The first-order chi connectivity index (χ1) is 9.30. The molecular formula is C11H16N2O7. The molecule has 0 atom stereocenters. The van der Waals surface area contributed by atoms with Crippen LogP contribution in [0.25, 0.3) is 0 Å². The van der Waals surface area contributed by atoms with Gasteiger partial charge in [0.1, 0.15) is 11.8 Å². The van der Waals surface area contributed by atoms with Gasteiger partial charge in [-0.05, 0) is 6.92 Å². The predicted molar refractivity (Wildman–Crippen MR) is 63.9 cm³/mol. The number of rotatable bonds is 6. The molecule has 0 aromatic heterocycles. The van der Waals surface area contributed by atoms with Gasteiger partial charge in [-0.3, -0.25) is 14.4 Å². The van der Waals surface area contributed by atoms with Crippen LogP contribution in [-0.4, -0.2) is 65.3 Å². The Morgan fingerprint density at radius 2 is 1.85 bits per heavy atom. The Bertz CT molecular complexity index is 428. The van der Waals surface area contributed by atoms with Crippen molar-refractivity contribution >= 4 is 23.9 Å². The van der Waals surface area contributed by atoms with Gasteiger partial charge in [-0.25, -0.2) is 4.79 Å². The van der Waals surface area contributed by atoms with Gasteiger partial charge in [-0.2, -0.15) is 0 Å². The molecule has 9 nitrogen and oxygen atoms in total. The summed E-state index contributed by atoms with van der Waals surface area (Å²) in [5.41, 5.74) is -1.33. The molecule has 112 valence electrons. The molecule has 0 unspecified atom stereocenters. The van der Waals surface area contributed by atoms with Crippen LogP contribution in [0.1, 0.15) is 13.3 Å². The van der Waals surface area contributed by atoms with Gasteiger partial charge in [0.25, 0.3) is 0 Å². The smallest absolute Gasteiger partial charge is 0.407 e. The van der Waals surface area contributed by atoms with E-state index in [0.29, 0.717) is 0 Å². The van der Waals surface area contributed by atoms with Gasteiger partial charge in [0.05, 0.1) is 6.61 Å². The van der Waals surface area contributed by atoms with Crippen LogP contribution in [-0.2, 0) is 19.1 Å². The minimum atomic E-state index is -1.33. The molecule has 0 spiro atoms. The molecule has 0 aliphatic carbocycles. The molecule has 1 fully saturated rings. The molecule has 0 aromatic carbocycles. The molecular weight excluding hydrogens is 272 g/mol. The Balaban J connectivity index is 2.46. The van der Waals surface area contributed by atoms with Crippen LogP contribution in [0.3, 0.4) is 0 Å². The lowest BCUT2D eigenvalue weighted by molar-refractivity contribution is -0.158. The highest BCUT2D eigenvalue weighted by molar-refractivity contribution is 5.94. The van der Waals surface area contributed by atoms with Crippen LogP contribution in [0.5, 0.6) is 0 Å². The third-order valence-corrected chi connectivity index (χ3v) is 2.95. The van der Waals surface area contributed by atoms with Crippen LogP contribution in [0.2, 0.25) is 0 Å². The van der Waals surface area contributed by atoms with Gasteiger partial charge < -0.3 is 25.2 Å². The van der Waals surface area contributed by atoms with Gasteiger partial charge in [-0.1, -0.05) is 0 Å². The van der Waals surface area contributed by atoms with Crippen molar-refractivity contribution < 1.29 is 34.1 Å². The summed E-state index contributed by atoms with van der Waals surface area (Å²) in [4.78, 5) is 45.2. The van der Waals surface area contributed by atoms with Crippen LogP contribution in [0.15, 0.2) is 0 Å². The van der Waals surface area contributed by atoms with E-state index in [1.807, 2.05) is 0 Å². The topological polar surface area (TPSA) is 133 Å². The second kappa shape index (κ2) is 6.22. The SMILES string of the molecule is CCOC(=O)CC(=O)NCC1(C(=O)O)CN(C(=O)O)C1. The first kappa shape index (κ1) is 15.7. The van der Waals surface area contributed by atoms with Crippen LogP contribution >= 0.6 is 0 Å². The minimum Gasteiger partial charge on any atom is -0.481 e. The molecule has 1 rings (SSSR count). The lowest BCUT2D eigenvalue weighted by Gasteiger charge is -2.45. The zero-order chi connectivity index (χ0) is 15.3. The number of amides is 2. The van der Waals surface area contributed by atoms with Crippen molar-refractivity contribution in [2.45, 2.75) is 13.3 Å². The van der Waals surface area contributed by atoms with Crippen molar-refractivity contribution in [3.05, 3.63) is 0 Å². The quantitative estimate of drug-likeness (QED) is 0.427. The highest BCUT2D eigenvalue weighted by Crippen LogP contribution is 2.30. The number of hydrogen-bond acceptors (Lipinski definition) is 5. The highest BCUT2D eigenvalue weighted by Gasteiger charge is 2.51. The summed E-state index contributed by atoms with van der Waals surface area (Å²) in [5.74, 6) is -2.54. The number of carboxylic acid groups (broad SMARTS) is 2. The fourth-order valence-corrected chi connectivity index (χ4v) is 1.82. The van der Waals surface area contributed by atoms with Gasteiger partial charge in [0.15, 0.2) is 0 Å². The average Bonchev–Trinajstić information content (AvgIpc) is 2.26. The number of likely N-dealkylation sites (tertiary alicyclic amines) is 1. The fourth-order valence-electron chi connectivity index (χ4n) is 1.82. The standard InChI is InChI=1S/C11H16N2O7/c1-2-20-8(15)3-7(14)12-4-11(9(16)17)5-13(6-11)10(18)19/h2-6H2,1H3,(H,12,14)(H,16,17)(H,18,19). The first-order valence-electron chi connectivity index (χ1n) is 5.94. The zero-order valence-corrected chi connectivity index (χ0v) is 10.9. The molecule has 3 N–H and O–H groups in total. The Morgan fingerprint density at radius 3 is 2.30 bits per heavy atom. The van der Waals surface area contributed by atoms with Crippen LogP contribution in [0.4, 0.5) is 4.79 Å². The van der Waals surface area contributed by atoms with E-state index >= 15 is 0 Å². The van der Waals surface area contributed by atoms with Crippen LogP contribution < -0.4 is 5.32 Å². The molecule has 1 aliphatic rings. The van der Waals surface area contributed by atoms with E-state index in [4.69, 9.17) is 10.2 Å². The summed E-state index contributed by atoms with van der Waals surface area (Å²) < 4.78 is 4.58. The Kier molecular flexibility index (Phi) is 4.89. The van der Waals surface area contributed by atoms with Crippen molar-refractivity contribution in [3.8, 4) is 0 Å². The van der Waals surface area contributed by atoms with Gasteiger partial charge in [0, 0.05) is 19.6 Å². The second-order valence-electron chi connectivity index (χ2n) is 4.48. The molecule has 2 amide bonds. The lowest BCUT2D eigenvalue weighted by atomic mass is 9.80. The summed E-state index contributed by atoms with van der Waals surface area (Å²) in [6.07, 6.45) is -1.70. The number of nitrogens with zero attached hydrogens (tertiary/aromatic N) is 1. The maximum atomic E-state index is 11.4. The lowest BCUT2D eigenvalue weighted by Crippen LogP contribution is -2.65. The van der Waals surface area contributed by atoms with E-state index in [-0.39, 0.29) is 26.2 Å². The molecule has 20 heavy (non-hydrogen) atoms. The molecule has 1 heterocycles. The molecule has 0 saturated carbocycles. The number of nitrogens with one attached hydrogen (secondary N) is 1. The fraction of sp³-hybridized carbons (Fsp3) is 0.636. The van der Waals surface area contributed by atoms with E-state index in [9.17, 15) is 19.2 Å². The third-order valence-electron chi connectivity index (χ3n) is 2.95. The van der Waals surface area contributed by atoms with Crippen molar-refractivity contribution in [3.63, 3.8) is 0 Å². The molecule has 9 heteroatoms. The normalized spacial score (nSPS) is 15.9. The number of ether oxygens (including phenoxy) is 1. The third kappa shape index (κ3) is 3.59. The molecule has 0 bridgehead atoms. The molecule has 1 aliphatic heterocycles. The number of carbonyl (C=O) groups is 4. The van der Waals surface area contributed by atoms with Gasteiger partial charge >= 0.3 is 18.0 Å². The van der Waals surface area contributed by atoms with Crippen molar-refractivity contribution in [1.82, 2.24) is 10.2 Å². The molecule has 0 aromatic rings. The Hall–Kier alpha value is -2.32. The number of esters is 1. The largest absolute Gasteiger partial charge is 0.481 e. The molecule has 0 radical (unpaired) electrons. The maximum Gasteiger partial charge on any atom is 0.407 e. The number of carbonyl (C=O) groups excluding carboxylic acids is 2. The van der Waals surface area contributed by atoms with E-state index < -0.39 is 35.8 Å². The van der Waals surface area contributed by atoms with E-state index in [2.05, 4.69) is 10.1 Å². The second-order valence-corrected chi connectivity index (χ2v) is 4.48. The summed E-state index contributed by atoms with van der Waals surface area (Å²) in [7, 11) is 0. The summed E-state index contributed by atoms with van der Waals surface area (Å²) in [6, 6.07) is 0. The highest BCUT2D eigenvalue weighted by atomic mass is 16.5. The monoisotopic (exact) mass is 288 g/mol. The molecule has 1 saturated heterocycles. The number of aliphatic carboxylic acids is 1. The Morgan fingerprint density at radius 1 is 1.25 bits per heavy atom. The summed E-state index contributed by atoms with van der Waals surface area (Å²) in [5, 5.41) is 20.1. The number of hydrogen-bond donors (Lipinski definition) is 3. The average molecular weight is 288 g/mol. The van der Waals surface area contributed by atoms with E-state index in [0.717, 1.165) is 4.90 Å². The summed E-state index contributed by atoms with van der Waals surface area (Å²) in [6.45, 7) is 1.13. The van der Waals surface area contributed by atoms with Gasteiger partial charge in [0.2, 0.25) is 5.91 Å². The minimum absolute atomic E-state index is 0.152. The maximum absolute atomic E-state index is 11.4. The van der Waals surface area contributed by atoms with Gasteiger partial charge in [-0.15, -0.1) is 0 Å². The predicted octanol–water partition coefficient (Wildman–Crippen LogP) is -0.880. The van der Waals surface area contributed by atoms with Crippen molar-refractivity contribution in [1.29, 1.82) is 0 Å². The van der Waals surface area contributed by atoms with E-state index in [1.165, 1.54) is 0 Å². The Labute approximate surface area is 114 Å².